The molecule has 94 valence electrons. The third kappa shape index (κ3) is 6.26. The van der Waals surface area contributed by atoms with E-state index in [1.807, 2.05) is 50.5 Å². The Hall–Kier alpha value is -1.10. The Labute approximate surface area is 108 Å². The lowest BCUT2D eigenvalue weighted by Gasteiger charge is -2.04. The van der Waals surface area contributed by atoms with Crippen LogP contribution in [0.5, 0.6) is 0 Å². The van der Waals surface area contributed by atoms with Crippen LogP contribution in [0.4, 0.5) is 0 Å². The van der Waals surface area contributed by atoms with Gasteiger partial charge in [0.25, 0.3) is 0 Å². The van der Waals surface area contributed by atoms with E-state index in [1.165, 1.54) is 0 Å². The molecule has 0 saturated carbocycles. The molecule has 3 nitrogen and oxygen atoms in total. The summed E-state index contributed by atoms with van der Waals surface area (Å²) in [5, 5.41) is 0. The van der Waals surface area contributed by atoms with Gasteiger partial charge in [0.15, 0.2) is 5.70 Å². The quantitative estimate of drug-likeness (QED) is 0.430. The first-order chi connectivity index (χ1) is 8.23. The first-order valence-electron chi connectivity index (χ1n) is 5.31. The zero-order chi connectivity index (χ0) is 13.1. The van der Waals surface area contributed by atoms with Crippen molar-refractivity contribution in [1.29, 1.82) is 0 Å². The van der Waals surface area contributed by atoms with Crippen molar-refractivity contribution >= 4 is 18.5 Å². The van der Waals surface area contributed by atoms with Crippen LogP contribution >= 0.6 is 11.8 Å². The van der Waals surface area contributed by atoms with Gasteiger partial charge < -0.3 is 0 Å². The summed E-state index contributed by atoms with van der Waals surface area (Å²) in [6, 6.07) is 0. The molecule has 0 aliphatic heterocycles. The smallest absolute Gasteiger partial charge is 0.188 e. The highest BCUT2D eigenvalue weighted by Crippen LogP contribution is 2.16. The van der Waals surface area contributed by atoms with E-state index in [-0.39, 0.29) is 0 Å². The minimum atomic E-state index is 0.790. The maximum atomic E-state index is 5.07. The molecule has 0 bridgehead atoms. The molecule has 0 heterocycles. The molecule has 0 aromatic heterocycles. The van der Waals surface area contributed by atoms with E-state index in [0.717, 1.165) is 16.3 Å². The predicted molar refractivity (Wildman–Crippen MR) is 76.7 cm³/mol. The Kier molecular flexibility index (Phi) is 9.43. The van der Waals surface area contributed by atoms with Crippen molar-refractivity contribution in [2.75, 3.05) is 13.4 Å². The molecular formula is C13H21N2OS+. The predicted octanol–water partition coefficient (Wildman–Crippen LogP) is 2.42. The molecule has 0 atom stereocenters. The second-order valence-corrected chi connectivity index (χ2v) is 3.96. The molecule has 0 unspecified atom stereocenters. The molecule has 4 heteroatoms. The number of nitrogens with zero attached hydrogens (tertiary/aromatic N) is 1. The van der Waals surface area contributed by atoms with Crippen LogP contribution in [0, 0.1) is 0 Å². The monoisotopic (exact) mass is 253 g/mol. The van der Waals surface area contributed by atoms with Crippen molar-refractivity contribution < 1.29 is 10.3 Å². The first kappa shape index (κ1) is 15.9. The number of allylic oxidation sites excluding steroid dienone is 5. The minimum Gasteiger partial charge on any atom is -0.258 e. The van der Waals surface area contributed by atoms with Gasteiger partial charge in [-0.3, -0.25) is 4.99 Å². The van der Waals surface area contributed by atoms with Crippen LogP contribution in [-0.2, 0) is 4.84 Å². The van der Waals surface area contributed by atoms with Gasteiger partial charge in [0, 0.05) is 11.0 Å². The standard InChI is InChI=1S/C13H20N2OS/c1-6-8-9-12(14-3)13(15-16-4)10-11(7-2)17-5/h6-10,15H,3H2,1-2,4-5H3/p+1/b8-6-,11-7+,12-9-,13-10-. The largest absolute Gasteiger partial charge is 0.258 e. The highest BCUT2D eigenvalue weighted by atomic mass is 32.2. The molecular weight excluding hydrogens is 232 g/mol. The van der Waals surface area contributed by atoms with Crippen LogP contribution in [-0.4, -0.2) is 20.1 Å². The van der Waals surface area contributed by atoms with Gasteiger partial charge in [-0.15, -0.1) is 11.8 Å². The van der Waals surface area contributed by atoms with Gasteiger partial charge in [-0.05, 0) is 32.9 Å². The molecule has 0 saturated heterocycles. The van der Waals surface area contributed by atoms with E-state index in [1.54, 1.807) is 24.4 Å². The molecule has 0 rings (SSSR count). The molecule has 0 aromatic carbocycles. The maximum absolute atomic E-state index is 5.07. The Balaban J connectivity index is 5.25. The fraction of sp³-hybridized carbons (Fsp3) is 0.308. The molecule has 0 aliphatic carbocycles. The summed E-state index contributed by atoms with van der Waals surface area (Å²) in [5.74, 6) is 0. The SMILES string of the molecule is C=NC(=C\C=C/C)/C(=C/C(=C\C)SC)[NH2+]OC. The van der Waals surface area contributed by atoms with Crippen molar-refractivity contribution in [1.82, 2.24) is 0 Å². The minimum absolute atomic E-state index is 0.790. The number of nitrogens with two attached hydrogens (primary N) is 1. The number of rotatable bonds is 7. The molecule has 0 aliphatic rings. The topological polar surface area (TPSA) is 38.2 Å². The Morgan fingerprint density at radius 3 is 2.53 bits per heavy atom. The normalized spacial score (nSPS) is 14.5. The zero-order valence-corrected chi connectivity index (χ0v) is 11.8. The van der Waals surface area contributed by atoms with Crippen LogP contribution < -0.4 is 5.48 Å². The van der Waals surface area contributed by atoms with Gasteiger partial charge in [-0.25, -0.2) is 4.84 Å². The fourth-order valence-corrected chi connectivity index (χ4v) is 1.62. The molecule has 0 amide bonds. The number of hydrogen-bond acceptors (Lipinski definition) is 3. The summed E-state index contributed by atoms with van der Waals surface area (Å²) >= 11 is 1.68. The second-order valence-electron chi connectivity index (χ2n) is 3.08. The number of aliphatic imine (C=N–C) groups is 1. The molecule has 0 spiro atoms. The molecule has 0 radical (unpaired) electrons. The van der Waals surface area contributed by atoms with Crippen molar-refractivity contribution in [3.05, 3.63) is 46.7 Å². The van der Waals surface area contributed by atoms with Crippen molar-refractivity contribution in [3.8, 4) is 0 Å². The van der Waals surface area contributed by atoms with E-state index in [2.05, 4.69) is 11.7 Å². The van der Waals surface area contributed by atoms with Gasteiger partial charge in [0.05, 0.1) is 7.11 Å². The lowest BCUT2D eigenvalue weighted by atomic mass is 10.2. The maximum Gasteiger partial charge on any atom is 0.188 e. The number of hydroxylamine groups is 1. The van der Waals surface area contributed by atoms with Crippen LogP contribution in [0.3, 0.4) is 0 Å². The third-order valence-corrected chi connectivity index (χ3v) is 2.80. The second kappa shape index (κ2) is 10.1. The summed E-state index contributed by atoms with van der Waals surface area (Å²) in [4.78, 5) is 10.2. The Morgan fingerprint density at radius 2 is 2.12 bits per heavy atom. The lowest BCUT2D eigenvalue weighted by Crippen LogP contribution is -2.80. The summed E-state index contributed by atoms with van der Waals surface area (Å²) < 4.78 is 0. The Morgan fingerprint density at radius 1 is 1.41 bits per heavy atom. The van der Waals surface area contributed by atoms with E-state index in [9.17, 15) is 0 Å². The summed E-state index contributed by atoms with van der Waals surface area (Å²) in [7, 11) is 1.62. The van der Waals surface area contributed by atoms with Crippen molar-refractivity contribution in [3.63, 3.8) is 0 Å². The summed E-state index contributed by atoms with van der Waals surface area (Å²) in [6.07, 6.45) is 11.9. The molecule has 0 aromatic rings. The molecule has 17 heavy (non-hydrogen) atoms. The zero-order valence-electron chi connectivity index (χ0n) is 10.9. The average molecular weight is 253 g/mol. The summed E-state index contributed by atoms with van der Waals surface area (Å²) in [5.41, 5.74) is 3.37. The lowest BCUT2D eigenvalue weighted by molar-refractivity contribution is -0.852. The highest BCUT2D eigenvalue weighted by molar-refractivity contribution is 8.02. The highest BCUT2D eigenvalue weighted by Gasteiger charge is 2.08. The third-order valence-electron chi connectivity index (χ3n) is 1.98. The number of hydrogen-bond donors (Lipinski definition) is 1. The Bertz CT molecular complexity index is 354. The van der Waals surface area contributed by atoms with Crippen LogP contribution in [0.25, 0.3) is 0 Å². The average Bonchev–Trinajstić information content (AvgIpc) is 2.36. The van der Waals surface area contributed by atoms with Gasteiger partial charge >= 0.3 is 0 Å². The van der Waals surface area contributed by atoms with Crippen molar-refractivity contribution in [2.24, 2.45) is 4.99 Å². The van der Waals surface area contributed by atoms with E-state index < -0.39 is 0 Å². The van der Waals surface area contributed by atoms with Gasteiger partial charge in [-0.1, -0.05) is 18.2 Å². The van der Waals surface area contributed by atoms with Crippen molar-refractivity contribution in [2.45, 2.75) is 13.8 Å². The van der Waals surface area contributed by atoms with E-state index in [4.69, 9.17) is 4.84 Å². The van der Waals surface area contributed by atoms with Crippen LogP contribution in [0.1, 0.15) is 13.8 Å². The van der Waals surface area contributed by atoms with E-state index >= 15 is 0 Å². The number of thioether (sulfide) groups is 1. The fourth-order valence-electron chi connectivity index (χ4n) is 1.14. The van der Waals surface area contributed by atoms with Gasteiger partial charge in [0.1, 0.15) is 5.70 Å². The number of quaternary nitrogens is 1. The molecule has 2 N–H and O–H groups in total. The summed E-state index contributed by atoms with van der Waals surface area (Å²) in [6.45, 7) is 7.54. The first-order valence-corrected chi connectivity index (χ1v) is 6.54. The molecule has 0 fully saturated rings. The van der Waals surface area contributed by atoms with Gasteiger partial charge in [-0.2, -0.15) is 5.48 Å². The van der Waals surface area contributed by atoms with E-state index in [0.29, 0.717) is 0 Å². The van der Waals surface area contributed by atoms with Crippen LogP contribution in [0.15, 0.2) is 51.7 Å². The van der Waals surface area contributed by atoms with Gasteiger partial charge in [0.2, 0.25) is 0 Å². The van der Waals surface area contributed by atoms with Crippen LogP contribution in [0.2, 0.25) is 0 Å².